The molecule has 0 spiro atoms. The van der Waals surface area contributed by atoms with E-state index in [-0.39, 0.29) is 24.3 Å². The molecule has 0 aromatic carbocycles. The van der Waals surface area contributed by atoms with Gasteiger partial charge in [-0.3, -0.25) is 9.89 Å². The van der Waals surface area contributed by atoms with E-state index < -0.39 is 0 Å². The van der Waals surface area contributed by atoms with Crippen molar-refractivity contribution in [2.45, 2.75) is 25.2 Å². The number of nitrogens with two attached hydrogens (primary N) is 1. The average Bonchev–Trinajstić information content (AvgIpc) is 2.59. The van der Waals surface area contributed by atoms with Crippen LogP contribution in [0.2, 0.25) is 0 Å². The average molecular weight is 232 g/mol. The van der Waals surface area contributed by atoms with Crippen LogP contribution >= 0.6 is 12.4 Å². The molecule has 0 fully saturated rings. The van der Waals surface area contributed by atoms with Gasteiger partial charge in [-0.05, 0) is 19.3 Å². The van der Waals surface area contributed by atoms with E-state index in [1.807, 2.05) is 0 Å². The molecule has 2 rings (SSSR count). The maximum atomic E-state index is 11.4. The lowest BCUT2D eigenvalue weighted by atomic mass is 9.87. The van der Waals surface area contributed by atoms with Crippen molar-refractivity contribution in [3.63, 3.8) is 0 Å². The van der Waals surface area contributed by atoms with Crippen LogP contribution in [0.3, 0.4) is 0 Å². The molecule has 1 aliphatic rings. The molecular weight excluding hydrogens is 218 g/mol. The highest BCUT2D eigenvalue weighted by Gasteiger charge is 2.30. The SMILES string of the molecule is COC(=O)C1CCCc2c(N)n[nH]c21.Cl. The van der Waals surface area contributed by atoms with Crippen LogP contribution in [-0.2, 0) is 16.0 Å². The van der Waals surface area contributed by atoms with Crippen LogP contribution in [0.5, 0.6) is 0 Å². The monoisotopic (exact) mass is 231 g/mol. The van der Waals surface area contributed by atoms with Crippen LogP contribution in [0, 0.1) is 0 Å². The van der Waals surface area contributed by atoms with Gasteiger partial charge >= 0.3 is 5.97 Å². The summed E-state index contributed by atoms with van der Waals surface area (Å²) >= 11 is 0. The fourth-order valence-corrected chi connectivity index (χ4v) is 1.95. The molecule has 1 unspecified atom stereocenters. The van der Waals surface area contributed by atoms with Gasteiger partial charge in [0.05, 0.1) is 18.7 Å². The minimum absolute atomic E-state index is 0. The van der Waals surface area contributed by atoms with E-state index in [0.717, 1.165) is 30.5 Å². The van der Waals surface area contributed by atoms with Crippen LogP contribution in [0.15, 0.2) is 0 Å². The zero-order chi connectivity index (χ0) is 10.1. The lowest BCUT2D eigenvalue weighted by molar-refractivity contribution is -0.142. The minimum Gasteiger partial charge on any atom is -0.469 e. The van der Waals surface area contributed by atoms with Gasteiger partial charge in [0, 0.05) is 5.56 Å². The van der Waals surface area contributed by atoms with E-state index in [0.29, 0.717) is 5.82 Å². The molecule has 1 aromatic heterocycles. The Hall–Kier alpha value is -1.23. The molecule has 0 aliphatic heterocycles. The van der Waals surface area contributed by atoms with Crippen LogP contribution in [-0.4, -0.2) is 23.3 Å². The molecule has 0 saturated heterocycles. The van der Waals surface area contributed by atoms with Crippen molar-refractivity contribution in [1.29, 1.82) is 0 Å². The molecule has 15 heavy (non-hydrogen) atoms. The fourth-order valence-electron chi connectivity index (χ4n) is 1.95. The molecule has 84 valence electrons. The van der Waals surface area contributed by atoms with Gasteiger partial charge in [0.2, 0.25) is 0 Å². The van der Waals surface area contributed by atoms with Gasteiger partial charge in [-0.2, -0.15) is 5.10 Å². The summed E-state index contributed by atoms with van der Waals surface area (Å²) in [6, 6.07) is 0. The number of halogens is 1. The second kappa shape index (κ2) is 4.53. The molecule has 1 heterocycles. The summed E-state index contributed by atoms with van der Waals surface area (Å²) in [7, 11) is 1.40. The smallest absolute Gasteiger partial charge is 0.314 e. The third-order valence-electron chi connectivity index (χ3n) is 2.68. The number of aromatic nitrogens is 2. The summed E-state index contributed by atoms with van der Waals surface area (Å²) in [6.07, 6.45) is 2.66. The summed E-state index contributed by atoms with van der Waals surface area (Å²) in [5, 5.41) is 6.73. The van der Waals surface area contributed by atoms with Gasteiger partial charge in [-0.15, -0.1) is 12.4 Å². The molecule has 5 nitrogen and oxygen atoms in total. The highest BCUT2D eigenvalue weighted by atomic mass is 35.5. The first-order valence-electron chi connectivity index (χ1n) is 4.64. The molecule has 6 heteroatoms. The summed E-state index contributed by atoms with van der Waals surface area (Å²) in [5.74, 6) is 0.0803. The van der Waals surface area contributed by atoms with E-state index in [1.165, 1.54) is 7.11 Å². The number of nitrogens with one attached hydrogen (secondary N) is 1. The molecule has 0 radical (unpaired) electrons. The van der Waals surface area contributed by atoms with Crippen LogP contribution < -0.4 is 5.73 Å². The van der Waals surface area contributed by atoms with Crippen molar-refractivity contribution in [3.05, 3.63) is 11.3 Å². The Labute approximate surface area is 93.8 Å². The van der Waals surface area contributed by atoms with Crippen molar-refractivity contribution < 1.29 is 9.53 Å². The normalized spacial score (nSPS) is 18.9. The largest absolute Gasteiger partial charge is 0.469 e. The lowest BCUT2D eigenvalue weighted by Crippen LogP contribution is -2.19. The highest BCUT2D eigenvalue weighted by Crippen LogP contribution is 2.33. The van der Waals surface area contributed by atoms with Crippen LogP contribution in [0.1, 0.15) is 30.0 Å². The molecular formula is C9H14ClN3O2. The van der Waals surface area contributed by atoms with Gasteiger partial charge in [-0.1, -0.05) is 0 Å². The molecule has 0 amide bonds. The highest BCUT2D eigenvalue weighted by molar-refractivity contribution is 5.85. The van der Waals surface area contributed by atoms with Crippen molar-refractivity contribution in [1.82, 2.24) is 10.2 Å². The first-order chi connectivity index (χ1) is 6.74. The number of carbonyl (C=O) groups is 1. The predicted molar refractivity (Wildman–Crippen MR) is 57.9 cm³/mol. The van der Waals surface area contributed by atoms with Gasteiger partial charge in [-0.25, -0.2) is 0 Å². The third kappa shape index (κ3) is 1.92. The number of H-pyrrole nitrogens is 1. The number of ether oxygens (including phenoxy) is 1. The molecule has 3 N–H and O–H groups in total. The van der Waals surface area contributed by atoms with E-state index in [9.17, 15) is 4.79 Å². The van der Waals surface area contributed by atoms with E-state index >= 15 is 0 Å². The molecule has 0 saturated carbocycles. The Balaban J connectivity index is 0.00000112. The number of nitrogen functional groups attached to an aromatic ring is 1. The first-order valence-corrected chi connectivity index (χ1v) is 4.64. The number of anilines is 1. The fraction of sp³-hybridized carbons (Fsp3) is 0.556. The Kier molecular flexibility index (Phi) is 3.57. The molecule has 1 atom stereocenters. The van der Waals surface area contributed by atoms with E-state index in [2.05, 4.69) is 10.2 Å². The maximum absolute atomic E-state index is 11.4. The molecule has 1 aliphatic carbocycles. The zero-order valence-electron chi connectivity index (χ0n) is 8.45. The second-order valence-electron chi connectivity index (χ2n) is 3.47. The Morgan fingerprint density at radius 2 is 2.40 bits per heavy atom. The Bertz CT molecular complexity index is 364. The van der Waals surface area contributed by atoms with Crippen molar-refractivity contribution in [3.8, 4) is 0 Å². The predicted octanol–water partition coefficient (Wildman–Crippen LogP) is 1.01. The number of aromatic amines is 1. The second-order valence-corrected chi connectivity index (χ2v) is 3.47. The zero-order valence-corrected chi connectivity index (χ0v) is 9.26. The maximum Gasteiger partial charge on any atom is 0.314 e. The van der Waals surface area contributed by atoms with Gasteiger partial charge in [0.15, 0.2) is 0 Å². The Morgan fingerprint density at radius 3 is 3.07 bits per heavy atom. The standard InChI is InChI=1S/C9H13N3O2.ClH/c1-14-9(13)6-4-2-3-5-7(6)11-12-8(5)10;/h6H,2-4H2,1H3,(H3,10,11,12);1H. The summed E-state index contributed by atoms with van der Waals surface area (Å²) in [5.41, 5.74) is 7.48. The number of hydrogen-bond donors (Lipinski definition) is 2. The van der Waals surface area contributed by atoms with Crippen molar-refractivity contribution in [2.75, 3.05) is 12.8 Å². The number of carbonyl (C=O) groups excluding carboxylic acids is 1. The summed E-state index contributed by atoms with van der Waals surface area (Å²) < 4.78 is 4.73. The first kappa shape index (κ1) is 11.8. The number of esters is 1. The topological polar surface area (TPSA) is 81.0 Å². The number of rotatable bonds is 1. The van der Waals surface area contributed by atoms with Gasteiger partial charge in [0.1, 0.15) is 5.82 Å². The number of hydrogen-bond acceptors (Lipinski definition) is 4. The molecule has 0 bridgehead atoms. The lowest BCUT2D eigenvalue weighted by Gasteiger charge is -2.19. The summed E-state index contributed by atoms with van der Waals surface area (Å²) in [6.45, 7) is 0. The van der Waals surface area contributed by atoms with Crippen LogP contribution in [0.4, 0.5) is 5.82 Å². The number of nitrogens with zero attached hydrogens (tertiary/aromatic N) is 1. The molecule has 1 aromatic rings. The van der Waals surface area contributed by atoms with Crippen molar-refractivity contribution >= 4 is 24.2 Å². The van der Waals surface area contributed by atoms with E-state index in [4.69, 9.17) is 10.5 Å². The number of methoxy groups -OCH3 is 1. The third-order valence-corrected chi connectivity index (χ3v) is 2.68. The van der Waals surface area contributed by atoms with Gasteiger partial charge in [0.25, 0.3) is 0 Å². The Morgan fingerprint density at radius 1 is 1.67 bits per heavy atom. The van der Waals surface area contributed by atoms with Crippen LogP contribution in [0.25, 0.3) is 0 Å². The quantitative estimate of drug-likeness (QED) is 0.707. The van der Waals surface area contributed by atoms with Gasteiger partial charge < -0.3 is 10.5 Å². The summed E-state index contributed by atoms with van der Waals surface area (Å²) in [4.78, 5) is 11.4. The van der Waals surface area contributed by atoms with Crippen molar-refractivity contribution in [2.24, 2.45) is 0 Å². The van der Waals surface area contributed by atoms with E-state index in [1.54, 1.807) is 0 Å². The number of fused-ring (bicyclic) bond motifs is 1. The minimum atomic E-state index is -0.214.